The predicted molar refractivity (Wildman–Crippen MR) is 103 cm³/mol. The number of pyridine rings is 2. The van der Waals surface area contributed by atoms with Gasteiger partial charge in [-0.2, -0.15) is 13.2 Å². The van der Waals surface area contributed by atoms with Gasteiger partial charge in [-0.25, -0.2) is 18.7 Å². The Hall–Kier alpha value is -1.97. The summed E-state index contributed by atoms with van der Waals surface area (Å²) in [4.78, 5) is 7.49. The first-order valence-corrected chi connectivity index (χ1v) is 9.94. The van der Waals surface area contributed by atoms with E-state index in [0.29, 0.717) is 16.3 Å². The van der Waals surface area contributed by atoms with Gasteiger partial charge >= 0.3 is 6.18 Å². The number of anilines is 2. The Morgan fingerprint density at radius 2 is 1.72 bits per heavy atom. The number of nitrogens with one attached hydrogen (secondary N) is 1. The van der Waals surface area contributed by atoms with E-state index in [2.05, 4.69) is 31.2 Å². The van der Waals surface area contributed by atoms with Gasteiger partial charge in [0.25, 0.3) is 6.43 Å². The second-order valence-corrected chi connectivity index (χ2v) is 8.03. The van der Waals surface area contributed by atoms with Gasteiger partial charge < -0.3 is 11.1 Å². The summed E-state index contributed by atoms with van der Waals surface area (Å²) in [7, 11) is 0. The molecule has 0 aliphatic heterocycles. The molecule has 2 saturated carbocycles. The molecule has 4 nitrogen and oxygen atoms in total. The third kappa shape index (κ3) is 6.01. The van der Waals surface area contributed by atoms with E-state index in [1.54, 1.807) is 0 Å². The van der Waals surface area contributed by atoms with E-state index in [1.165, 1.54) is 50.2 Å². The van der Waals surface area contributed by atoms with Crippen LogP contribution in [0.5, 0.6) is 0 Å². The summed E-state index contributed by atoms with van der Waals surface area (Å²) in [6.07, 6.45) is 0.824. The molecule has 2 heterocycles. The highest BCUT2D eigenvalue weighted by Crippen LogP contribution is 2.46. The molecule has 2 aliphatic rings. The number of halogens is 6. The molecule has 0 bridgehead atoms. The largest absolute Gasteiger partial charge is 0.419 e. The zero-order valence-electron chi connectivity index (χ0n) is 15.3. The third-order valence-corrected chi connectivity index (χ3v) is 5.50. The quantitative estimate of drug-likeness (QED) is 0.512. The topological polar surface area (TPSA) is 63.8 Å². The second-order valence-electron chi connectivity index (χ2n) is 7.17. The number of rotatable bonds is 5. The number of hydrogen-bond donors (Lipinski definition) is 2. The Kier molecular flexibility index (Phi) is 6.60. The number of nitrogens with zero attached hydrogens (tertiary/aromatic N) is 2. The lowest BCUT2D eigenvalue weighted by Crippen LogP contribution is -2.24. The Labute approximate surface area is 173 Å². The first-order valence-electron chi connectivity index (χ1n) is 9.14. The van der Waals surface area contributed by atoms with E-state index in [0.717, 1.165) is 17.9 Å². The molecule has 0 saturated heterocycles. The summed E-state index contributed by atoms with van der Waals surface area (Å²) < 4.78 is 61.8. The van der Waals surface area contributed by atoms with Crippen LogP contribution in [0.2, 0.25) is 0 Å². The number of nitrogen functional groups attached to an aromatic ring is 1. The van der Waals surface area contributed by atoms with Gasteiger partial charge in [0.05, 0.1) is 5.56 Å². The Balaban J connectivity index is 0.000000188. The van der Waals surface area contributed by atoms with Crippen molar-refractivity contribution in [2.24, 2.45) is 11.8 Å². The molecule has 2 aromatic heterocycles. The van der Waals surface area contributed by atoms with Crippen molar-refractivity contribution >= 4 is 27.6 Å². The van der Waals surface area contributed by atoms with Crippen LogP contribution in [0.3, 0.4) is 0 Å². The van der Waals surface area contributed by atoms with Gasteiger partial charge in [0.2, 0.25) is 0 Å². The fourth-order valence-electron chi connectivity index (χ4n) is 3.06. The standard InChI is InChI=1S/C13H15BrF2N2.C6H5F3N2/c14-10-6-17-11(5-9(10)13(15)16)18-12(7-1-2-7)8-3-4-8;7-6(8,9)4-2-1-3-11-5(4)10/h5-8,12-13H,1-4H2,(H,17,18);1-3H,(H2,10,11). The van der Waals surface area contributed by atoms with Crippen molar-refractivity contribution in [2.75, 3.05) is 11.1 Å². The van der Waals surface area contributed by atoms with Gasteiger partial charge in [-0.15, -0.1) is 0 Å². The van der Waals surface area contributed by atoms with Crippen molar-refractivity contribution in [2.45, 2.75) is 44.3 Å². The molecule has 2 aliphatic carbocycles. The number of nitrogens with two attached hydrogens (primary N) is 1. The van der Waals surface area contributed by atoms with Crippen molar-refractivity contribution in [3.05, 3.63) is 46.2 Å². The minimum atomic E-state index is -4.40. The predicted octanol–water partition coefficient (Wildman–Crippen LogP) is 6.06. The van der Waals surface area contributed by atoms with Crippen LogP contribution in [0.1, 0.15) is 43.2 Å². The summed E-state index contributed by atoms with van der Waals surface area (Å²) in [5, 5.41) is 3.36. The maximum Gasteiger partial charge on any atom is 0.419 e. The average Bonchev–Trinajstić information content (AvgIpc) is 3.54. The van der Waals surface area contributed by atoms with Crippen molar-refractivity contribution in [1.82, 2.24) is 9.97 Å². The Bertz CT molecular complexity index is 826. The lowest BCUT2D eigenvalue weighted by Gasteiger charge is -2.19. The van der Waals surface area contributed by atoms with Gasteiger partial charge in [0, 0.05) is 28.5 Å². The van der Waals surface area contributed by atoms with Crippen LogP contribution in [-0.4, -0.2) is 16.0 Å². The molecular weight excluding hydrogens is 459 g/mol. The van der Waals surface area contributed by atoms with Crippen molar-refractivity contribution in [3.63, 3.8) is 0 Å². The molecular formula is C19H20BrF5N4. The molecule has 0 unspecified atom stereocenters. The van der Waals surface area contributed by atoms with Gasteiger partial charge in [0.1, 0.15) is 11.6 Å². The van der Waals surface area contributed by atoms with Gasteiger partial charge in [-0.05, 0) is 71.6 Å². The average molecular weight is 479 g/mol. The molecule has 158 valence electrons. The van der Waals surface area contributed by atoms with E-state index in [4.69, 9.17) is 5.73 Å². The first kappa shape index (κ1) is 21.7. The third-order valence-electron chi connectivity index (χ3n) is 4.84. The van der Waals surface area contributed by atoms with Gasteiger partial charge in [-0.3, -0.25) is 0 Å². The number of hydrogen-bond acceptors (Lipinski definition) is 4. The molecule has 10 heteroatoms. The fourth-order valence-corrected chi connectivity index (χ4v) is 3.45. The van der Waals surface area contributed by atoms with Crippen LogP contribution in [0.15, 0.2) is 35.1 Å². The van der Waals surface area contributed by atoms with Crippen LogP contribution < -0.4 is 11.1 Å². The van der Waals surface area contributed by atoms with Gasteiger partial charge in [-0.1, -0.05) is 0 Å². The molecule has 3 N–H and O–H groups in total. The van der Waals surface area contributed by atoms with E-state index < -0.39 is 24.0 Å². The summed E-state index contributed by atoms with van der Waals surface area (Å²) in [5.74, 6) is 1.54. The molecule has 0 amide bonds. The highest BCUT2D eigenvalue weighted by atomic mass is 79.9. The highest BCUT2D eigenvalue weighted by Gasteiger charge is 2.41. The maximum absolute atomic E-state index is 12.8. The number of aromatic nitrogens is 2. The molecule has 0 radical (unpaired) electrons. The molecule has 29 heavy (non-hydrogen) atoms. The Morgan fingerprint density at radius 3 is 2.17 bits per heavy atom. The smallest absolute Gasteiger partial charge is 0.383 e. The molecule has 0 aromatic carbocycles. The van der Waals surface area contributed by atoms with E-state index in [-0.39, 0.29) is 5.56 Å². The zero-order valence-corrected chi connectivity index (χ0v) is 16.9. The lowest BCUT2D eigenvalue weighted by atomic mass is 10.1. The fraction of sp³-hybridized carbons (Fsp3) is 0.474. The zero-order chi connectivity index (χ0) is 21.2. The summed E-state index contributed by atoms with van der Waals surface area (Å²) in [6, 6.07) is 3.98. The Morgan fingerprint density at radius 1 is 1.10 bits per heavy atom. The molecule has 4 rings (SSSR count). The molecule has 2 fully saturated rings. The van der Waals surface area contributed by atoms with Gasteiger partial charge in [0.15, 0.2) is 0 Å². The summed E-state index contributed by atoms with van der Waals surface area (Å²) in [5.41, 5.74) is 4.10. The van der Waals surface area contributed by atoms with E-state index in [9.17, 15) is 22.0 Å². The van der Waals surface area contributed by atoms with E-state index in [1.807, 2.05) is 0 Å². The summed E-state index contributed by atoms with van der Waals surface area (Å²) >= 11 is 3.11. The van der Waals surface area contributed by atoms with Crippen molar-refractivity contribution < 1.29 is 22.0 Å². The SMILES string of the molecule is FC(F)c1cc(NC(C2CC2)C2CC2)ncc1Br.Nc1ncccc1C(F)(F)F. The van der Waals surface area contributed by atoms with Crippen LogP contribution in [0.25, 0.3) is 0 Å². The minimum Gasteiger partial charge on any atom is -0.383 e. The van der Waals surface area contributed by atoms with Crippen LogP contribution in [0, 0.1) is 11.8 Å². The minimum absolute atomic E-state index is 0.0119. The summed E-state index contributed by atoms with van der Waals surface area (Å²) in [6.45, 7) is 0. The van der Waals surface area contributed by atoms with Crippen LogP contribution >= 0.6 is 15.9 Å². The van der Waals surface area contributed by atoms with Crippen LogP contribution in [-0.2, 0) is 6.18 Å². The number of alkyl halides is 5. The lowest BCUT2D eigenvalue weighted by molar-refractivity contribution is -0.137. The molecule has 0 spiro atoms. The van der Waals surface area contributed by atoms with Crippen LogP contribution in [0.4, 0.5) is 33.6 Å². The molecule has 0 atom stereocenters. The maximum atomic E-state index is 12.8. The first-order chi connectivity index (χ1) is 13.7. The highest BCUT2D eigenvalue weighted by molar-refractivity contribution is 9.10. The monoisotopic (exact) mass is 478 g/mol. The van der Waals surface area contributed by atoms with Crippen molar-refractivity contribution in [3.8, 4) is 0 Å². The second kappa shape index (κ2) is 8.81. The van der Waals surface area contributed by atoms with Crippen molar-refractivity contribution in [1.29, 1.82) is 0 Å². The normalized spacial score (nSPS) is 16.6. The molecule has 2 aromatic rings. The van der Waals surface area contributed by atoms with E-state index >= 15 is 0 Å².